The third-order valence-corrected chi connectivity index (χ3v) is 7.06. The molecule has 0 radical (unpaired) electrons. The maximum atomic E-state index is 14.0. The molecule has 4 rings (SSSR count). The summed E-state index contributed by atoms with van der Waals surface area (Å²) in [5.74, 6) is -3.04. The number of nitrogens with one attached hydrogen (secondary N) is 1. The van der Waals surface area contributed by atoms with Crippen molar-refractivity contribution in [3.8, 4) is 11.1 Å². The summed E-state index contributed by atoms with van der Waals surface area (Å²) in [4.78, 5) is 25.5. The van der Waals surface area contributed by atoms with Gasteiger partial charge < -0.3 is 5.32 Å². The number of hydrogen-bond acceptors (Lipinski definition) is 4. The maximum Gasteiger partial charge on any atom is 0.429 e. The molecule has 3 aromatic rings. The lowest BCUT2D eigenvalue weighted by Crippen LogP contribution is -2.38. The van der Waals surface area contributed by atoms with Crippen LogP contribution in [0.2, 0.25) is 0 Å². The monoisotopic (exact) mass is 570 g/mol. The summed E-state index contributed by atoms with van der Waals surface area (Å²) in [7, 11) is 1.11. The molecule has 1 heterocycles. The molecule has 0 saturated heterocycles. The van der Waals surface area contributed by atoms with Gasteiger partial charge in [-0.25, -0.2) is 8.78 Å². The van der Waals surface area contributed by atoms with E-state index in [9.17, 15) is 26.7 Å². The van der Waals surface area contributed by atoms with Crippen molar-refractivity contribution < 1.29 is 26.7 Å². The van der Waals surface area contributed by atoms with E-state index in [-0.39, 0.29) is 12.8 Å². The molecule has 1 aliphatic rings. The number of rotatable bonds is 8. The van der Waals surface area contributed by atoms with E-state index in [1.54, 1.807) is 12.3 Å². The molecule has 2 aromatic carbocycles. The number of hydrogen-bond donors (Lipinski definition) is 1. The molecule has 1 saturated carbocycles. The molecule has 0 aliphatic heterocycles. The summed E-state index contributed by atoms with van der Waals surface area (Å²) in [6.07, 6.45) is -1.11. The number of alkyl halides is 3. The number of carbonyl (C=O) groups is 1. The van der Waals surface area contributed by atoms with E-state index in [0.29, 0.717) is 36.2 Å². The predicted octanol–water partition coefficient (Wildman–Crippen LogP) is 7.00. The number of halogens is 5. The van der Waals surface area contributed by atoms with Crippen molar-refractivity contribution in [3.63, 3.8) is 0 Å². The first kappa shape index (κ1) is 30.0. The van der Waals surface area contributed by atoms with Gasteiger partial charge in [0, 0.05) is 36.5 Å². The summed E-state index contributed by atoms with van der Waals surface area (Å²) in [5.41, 5.74) is 2.78. The molecule has 1 aliphatic carbocycles. The highest BCUT2D eigenvalue weighted by Gasteiger charge is 2.42. The molecule has 1 aromatic heterocycles. The van der Waals surface area contributed by atoms with Crippen molar-refractivity contribution in [2.75, 3.05) is 13.6 Å². The second-order valence-corrected chi connectivity index (χ2v) is 10.1. The van der Waals surface area contributed by atoms with Crippen molar-refractivity contribution in [3.05, 3.63) is 89.2 Å². The van der Waals surface area contributed by atoms with Crippen LogP contribution in [-0.2, 0) is 11.2 Å². The van der Waals surface area contributed by atoms with Gasteiger partial charge in [0.1, 0.15) is 23.9 Å². The first-order valence-corrected chi connectivity index (χ1v) is 13.4. The van der Waals surface area contributed by atoms with Crippen LogP contribution < -0.4 is 5.32 Å². The molecule has 1 fully saturated rings. The Kier molecular flexibility index (Phi) is 9.62. The Labute approximate surface area is 235 Å². The summed E-state index contributed by atoms with van der Waals surface area (Å²) in [5, 5.41) is 2.87. The number of aryl methyl sites for hydroxylation is 1. The topological polar surface area (TPSA) is 66.7 Å². The van der Waals surface area contributed by atoms with Gasteiger partial charge in [0.2, 0.25) is 5.91 Å². The van der Waals surface area contributed by atoms with Gasteiger partial charge in [-0.2, -0.15) is 13.2 Å². The van der Waals surface area contributed by atoms with Gasteiger partial charge in [-0.05, 0) is 61.9 Å². The van der Waals surface area contributed by atoms with Gasteiger partial charge in [-0.15, -0.1) is 0 Å². The van der Waals surface area contributed by atoms with Crippen LogP contribution in [0.25, 0.3) is 11.1 Å². The van der Waals surface area contributed by atoms with Gasteiger partial charge in [0.15, 0.2) is 0 Å². The van der Waals surface area contributed by atoms with E-state index in [4.69, 9.17) is 0 Å². The van der Waals surface area contributed by atoms with E-state index in [1.165, 1.54) is 12.1 Å². The Morgan fingerprint density at radius 3 is 2.51 bits per heavy atom. The van der Waals surface area contributed by atoms with Crippen LogP contribution >= 0.6 is 0 Å². The average molecular weight is 571 g/mol. The molecule has 0 spiro atoms. The number of aromatic nitrogens is 1. The first-order valence-electron chi connectivity index (χ1n) is 13.4. The van der Waals surface area contributed by atoms with Crippen molar-refractivity contribution in [1.82, 2.24) is 10.3 Å². The van der Waals surface area contributed by atoms with E-state index in [1.807, 2.05) is 37.3 Å². The highest BCUT2D eigenvalue weighted by Crippen LogP contribution is 2.32. The van der Waals surface area contributed by atoms with Crippen LogP contribution in [-0.4, -0.2) is 42.1 Å². The number of pyridine rings is 1. The van der Waals surface area contributed by atoms with Crippen LogP contribution in [0.1, 0.15) is 48.5 Å². The fourth-order valence-corrected chi connectivity index (χ4v) is 5.31. The Balaban J connectivity index is 1.64. The van der Waals surface area contributed by atoms with E-state index >= 15 is 0 Å². The third kappa shape index (κ3) is 7.83. The quantitative estimate of drug-likeness (QED) is 0.234. The second kappa shape index (κ2) is 13.1. The highest BCUT2D eigenvalue weighted by atomic mass is 19.4. The molecule has 2 unspecified atom stereocenters. The van der Waals surface area contributed by atoms with Crippen molar-refractivity contribution in [2.45, 2.75) is 51.2 Å². The molecule has 41 heavy (non-hydrogen) atoms. The summed E-state index contributed by atoms with van der Waals surface area (Å²) >= 11 is 0. The zero-order valence-corrected chi connectivity index (χ0v) is 22.8. The van der Waals surface area contributed by atoms with E-state index in [2.05, 4.69) is 20.3 Å². The average Bonchev–Trinajstić information content (AvgIpc) is 2.91. The third-order valence-electron chi connectivity index (χ3n) is 7.06. The molecular weight excluding hydrogens is 539 g/mol. The van der Waals surface area contributed by atoms with E-state index in [0.717, 1.165) is 29.8 Å². The molecule has 1 amide bonds. The van der Waals surface area contributed by atoms with Crippen molar-refractivity contribution in [1.29, 1.82) is 0 Å². The maximum absolute atomic E-state index is 14.0. The Morgan fingerprint density at radius 2 is 1.83 bits per heavy atom. The molecular formula is C31H31F5N4O. The van der Waals surface area contributed by atoms with Crippen LogP contribution in [0.5, 0.6) is 0 Å². The minimum absolute atomic E-state index is 0.0240. The number of carbonyl (C=O) groups excluding carboxylic acids is 1. The fourth-order valence-electron chi connectivity index (χ4n) is 5.31. The van der Waals surface area contributed by atoms with Gasteiger partial charge in [-0.3, -0.25) is 19.8 Å². The zero-order valence-electron chi connectivity index (χ0n) is 22.8. The van der Waals surface area contributed by atoms with Crippen LogP contribution in [0, 0.1) is 24.5 Å². The predicted molar refractivity (Wildman–Crippen MR) is 149 cm³/mol. The summed E-state index contributed by atoms with van der Waals surface area (Å²) in [6, 6.07) is 13.6. The lowest BCUT2D eigenvalue weighted by molar-refractivity contribution is -0.120. The van der Waals surface area contributed by atoms with Crippen LogP contribution in [0.4, 0.5) is 22.0 Å². The normalized spacial score (nSPS) is 17.9. The Bertz CT molecular complexity index is 1430. The number of aliphatic imine (C=N–C) groups is 2. The highest BCUT2D eigenvalue weighted by molar-refractivity contribution is 6.10. The number of benzene rings is 2. The summed E-state index contributed by atoms with van der Waals surface area (Å²) < 4.78 is 68.8. The molecule has 10 heteroatoms. The lowest BCUT2D eigenvalue weighted by atomic mass is 9.83. The van der Waals surface area contributed by atoms with Crippen molar-refractivity contribution in [2.24, 2.45) is 15.9 Å². The summed E-state index contributed by atoms with van der Waals surface area (Å²) in [6.45, 7) is 1.54. The van der Waals surface area contributed by atoms with E-state index < -0.39 is 47.9 Å². The van der Waals surface area contributed by atoms with Gasteiger partial charge in [0.05, 0.1) is 11.7 Å². The SMILES string of the molecule is CN=C(C1CCCCC1=NCC(=O)NC(Cc1cc(F)cc(F)c1)c1ncccc1-c1cccc(C)c1)C(F)(F)F. The molecule has 5 nitrogen and oxygen atoms in total. The van der Waals surface area contributed by atoms with Gasteiger partial charge >= 0.3 is 6.18 Å². The second-order valence-electron chi connectivity index (χ2n) is 10.1. The minimum Gasteiger partial charge on any atom is -0.346 e. The smallest absolute Gasteiger partial charge is 0.346 e. The Morgan fingerprint density at radius 1 is 1.07 bits per heavy atom. The van der Waals surface area contributed by atoms with Gasteiger partial charge in [-0.1, -0.05) is 42.3 Å². The largest absolute Gasteiger partial charge is 0.429 e. The first-order chi connectivity index (χ1) is 19.5. The van der Waals surface area contributed by atoms with Crippen molar-refractivity contribution >= 4 is 17.3 Å². The zero-order chi connectivity index (χ0) is 29.6. The molecule has 2 atom stereocenters. The molecule has 1 N–H and O–H groups in total. The minimum atomic E-state index is -4.59. The Hall–Kier alpha value is -3.95. The molecule has 216 valence electrons. The molecule has 0 bridgehead atoms. The number of amides is 1. The van der Waals surface area contributed by atoms with Crippen LogP contribution in [0.3, 0.4) is 0 Å². The fraction of sp³-hybridized carbons (Fsp3) is 0.355. The standard InChI is InChI=1S/C31H31F5N4O/c1-19-7-5-8-21(13-19)24-10-6-12-38-29(24)27(16-20-14-22(32)17-23(33)15-20)40-28(41)18-39-26-11-4-3-9-25(26)30(37-2)31(34,35)36/h5-8,10,12-15,17,25,27H,3-4,9,11,16,18H2,1-2H3,(H,40,41). The van der Waals surface area contributed by atoms with Crippen LogP contribution in [0.15, 0.2) is 70.8 Å². The van der Waals surface area contributed by atoms with Gasteiger partial charge in [0.25, 0.3) is 0 Å². The number of nitrogens with zero attached hydrogens (tertiary/aromatic N) is 3. The lowest BCUT2D eigenvalue weighted by Gasteiger charge is -2.27.